The summed E-state index contributed by atoms with van der Waals surface area (Å²) in [4.78, 5) is 8.15. The van der Waals surface area contributed by atoms with E-state index in [0.29, 0.717) is 6.42 Å². The molecule has 0 aliphatic carbocycles. The Kier molecular flexibility index (Phi) is 4.65. The fourth-order valence-corrected chi connectivity index (χ4v) is 3.87. The lowest BCUT2D eigenvalue weighted by Crippen LogP contribution is -2.33. The van der Waals surface area contributed by atoms with Gasteiger partial charge in [0.1, 0.15) is 6.10 Å². The highest BCUT2D eigenvalue weighted by Gasteiger charge is 2.22. The van der Waals surface area contributed by atoms with Crippen molar-refractivity contribution in [2.45, 2.75) is 39.1 Å². The molecule has 3 heterocycles. The molecule has 1 aromatic carbocycles. The van der Waals surface area contributed by atoms with Crippen molar-refractivity contribution in [2.75, 3.05) is 6.54 Å². The van der Waals surface area contributed by atoms with Crippen molar-refractivity contribution in [3.05, 3.63) is 69.4 Å². The molecule has 0 spiro atoms. The fraction of sp³-hybridized carbons (Fsp3) is 0.368. The van der Waals surface area contributed by atoms with Crippen molar-refractivity contribution in [3.8, 4) is 0 Å². The summed E-state index contributed by atoms with van der Waals surface area (Å²) in [5, 5.41) is 15.2. The van der Waals surface area contributed by atoms with Crippen LogP contribution in [0.1, 0.15) is 33.6 Å². The van der Waals surface area contributed by atoms with E-state index in [1.165, 1.54) is 16.3 Å². The molecular weight excluding hydrogens is 332 g/mol. The van der Waals surface area contributed by atoms with Crippen LogP contribution >= 0.6 is 11.3 Å². The number of nitrogens with zero attached hydrogens (tertiary/aromatic N) is 4. The average Bonchev–Trinajstić information content (AvgIpc) is 3.22. The van der Waals surface area contributed by atoms with E-state index in [1.54, 1.807) is 11.3 Å². The molecule has 0 bridgehead atoms. The molecule has 1 aliphatic heterocycles. The number of hydrogen-bond acceptors (Lipinski definition) is 5. The van der Waals surface area contributed by atoms with Crippen molar-refractivity contribution in [2.24, 2.45) is 0 Å². The predicted molar refractivity (Wildman–Crippen MR) is 98.3 cm³/mol. The molecule has 5 nitrogen and oxygen atoms in total. The maximum Gasteiger partial charge on any atom is 0.102 e. The van der Waals surface area contributed by atoms with Crippen LogP contribution in [-0.4, -0.2) is 31.3 Å². The monoisotopic (exact) mass is 354 g/mol. The van der Waals surface area contributed by atoms with Gasteiger partial charge in [0, 0.05) is 30.9 Å². The number of thiazole rings is 1. The Morgan fingerprint density at radius 1 is 1.24 bits per heavy atom. The number of aromatic nitrogens is 3. The van der Waals surface area contributed by atoms with Crippen LogP contribution in [0.25, 0.3) is 0 Å². The van der Waals surface area contributed by atoms with Crippen LogP contribution < -0.4 is 0 Å². The maximum atomic E-state index is 10.5. The third-order valence-corrected chi connectivity index (χ3v) is 5.53. The first-order chi connectivity index (χ1) is 12.2. The Balaban J connectivity index is 1.44. The molecule has 3 aromatic rings. The Morgan fingerprint density at radius 2 is 2.08 bits per heavy atom. The minimum Gasteiger partial charge on any atom is -0.386 e. The number of aliphatic hydroxyl groups is 1. The zero-order valence-electron chi connectivity index (χ0n) is 14.3. The van der Waals surface area contributed by atoms with Gasteiger partial charge in [-0.25, -0.2) is 4.98 Å². The van der Waals surface area contributed by atoms with Crippen LogP contribution in [-0.2, 0) is 26.1 Å². The Labute approximate surface area is 151 Å². The lowest BCUT2D eigenvalue weighted by Gasteiger charge is -2.26. The van der Waals surface area contributed by atoms with Crippen molar-refractivity contribution in [3.63, 3.8) is 0 Å². The van der Waals surface area contributed by atoms with Crippen LogP contribution in [0.3, 0.4) is 0 Å². The van der Waals surface area contributed by atoms with Crippen LogP contribution in [0.4, 0.5) is 0 Å². The summed E-state index contributed by atoms with van der Waals surface area (Å²) in [7, 11) is 0. The van der Waals surface area contributed by atoms with E-state index < -0.39 is 6.10 Å². The van der Waals surface area contributed by atoms with Gasteiger partial charge in [0.15, 0.2) is 0 Å². The Morgan fingerprint density at radius 3 is 2.84 bits per heavy atom. The van der Waals surface area contributed by atoms with E-state index in [-0.39, 0.29) is 0 Å². The molecule has 0 saturated heterocycles. The molecule has 6 heteroatoms. The number of aryl methyl sites for hydroxylation is 1. The van der Waals surface area contributed by atoms with Gasteiger partial charge in [-0.1, -0.05) is 30.3 Å². The number of benzene rings is 1. The second-order valence-corrected chi connectivity index (χ2v) is 7.61. The summed E-state index contributed by atoms with van der Waals surface area (Å²) >= 11 is 1.70. The van der Waals surface area contributed by atoms with Gasteiger partial charge < -0.3 is 5.11 Å². The van der Waals surface area contributed by atoms with Gasteiger partial charge in [0.2, 0.25) is 0 Å². The fourth-order valence-electron chi connectivity index (χ4n) is 3.27. The first-order valence-corrected chi connectivity index (χ1v) is 9.47. The molecule has 0 radical (unpaired) electrons. The summed E-state index contributed by atoms with van der Waals surface area (Å²) in [6, 6.07) is 12.1. The van der Waals surface area contributed by atoms with Crippen molar-refractivity contribution < 1.29 is 5.11 Å². The van der Waals surface area contributed by atoms with Gasteiger partial charge in [0.25, 0.3) is 0 Å². The van der Waals surface area contributed by atoms with E-state index in [9.17, 15) is 5.11 Å². The van der Waals surface area contributed by atoms with Crippen molar-refractivity contribution >= 4 is 11.3 Å². The zero-order valence-corrected chi connectivity index (χ0v) is 15.1. The molecule has 25 heavy (non-hydrogen) atoms. The quantitative estimate of drug-likeness (QED) is 0.765. The minimum absolute atomic E-state index is 0.560. The number of aliphatic hydroxyl groups excluding tert-OH is 1. The smallest absolute Gasteiger partial charge is 0.102 e. The Bertz CT molecular complexity index is 842. The standard InChI is InChI=1S/C19H22N4OS/c1-14-18(20-13-25-14)12-22-7-8-23-16(11-22)10-17(21-23)19(24)9-15-5-3-2-4-6-15/h2-6,10,13,19,24H,7-9,11-12H2,1H3/t19-/m0/s1. The molecule has 1 aliphatic rings. The number of rotatable bonds is 5. The second-order valence-electron chi connectivity index (χ2n) is 6.56. The lowest BCUT2D eigenvalue weighted by atomic mass is 10.1. The molecule has 4 rings (SSSR count). The largest absolute Gasteiger partial charge is 0.386 e. The number of hydrogen-bond donors (Lipinski definition) is 1. The molecule has 0 fully saturated rings. The summed E-state index contributed by atoms with van der Waals surface area (Å²) in [5.74, 6) is 0. The molecular formula is C19H22N4OS. The summed E-state index contributed by atoms with van der Waals surface area (Å²) in [6.07, 6.45) is 0.0358. The van der Waals surface area contributed by atoms with E-state index in [4.69, 9.17) is 0 Å². The highest BCUT2D eigenvalue weighted by atomic mass is 32.1. The lowest BCUT2D eigenvalue weighted by molar-refractivity contribution is 0.171. The molecule has 0 unspecified atom stereocenters. The third kappa shape index (κ3) is 3.66. The molecule has 1 atom stereocenters. The molecule has 0 amide bonds. The van der Waals surface area contributed by atoms with E-state index in [1.807, 2.05) is 46.6 Å². The van der Waals surface area contributed by atoms with Crippen LogP contribution in [0, 0.1) is 6.92 Å². The number of fused-ring (bicyclic) bond motifs is 1. The van der Waals surface area contributed by atoms with E-state index >= 15 is 0 Å². The van der Waals surface area contributed by atoms with Crippen LogP contribution in [0.2, 0.25) is 0 Å². The Hall–Kier alpha value is -2.02. The normalized spacial score (nSPS) is 15.9. The highest BCUT2D eigenvalue weighted by Crippen LogP contribution is 2.23. The third-order valence-electron chi connectivity index (χ3n) is 4.73. The minimum atomic E-state index is -0.560. The second kappa shape index (κ2) is 7.07. The molecule has 0 saturated carbocycles. The van der Waals surface area contributed by atoms with Crippen LogP contribution in [0.5, 0.6) is 0 Å². The van der Waals surface area contributed by atoms with Gasteiger partial charge in [-0.2, -0.15) is 5.10 Å². The van der Waals surface area contributed by atoms with E-state index in [0.717, 1.165) is 37.4 Å². The SMILES string of the molecule is Cc1scnc1CN1CCn2nc([C@@H](O)Cc3ccccc3)cc2C1. The summed E-state index contributed by atoms with van der Waals surface area (Å²) in [6.45, 7) is 5.67. The van der Waals surface area contributed by atoms with Gasteiger partial charge in [0.05, 0.1) is 29.1 Å². The first kappa shape index (κ1) is 16.4. The van der Waals surface area contributed by atoms with Crippen LogP contribution in [0.15, 0.2) is 41.9 Å². The maximum absolute atomic E-state index is 10.5. The highest BCUT2D eigenvalue weighted by molar-refractivity contribution is 7.09. The topological polar surface area (TPSA) is 54.2 Å². The van der Waals surface area contributed by atoms with Gasteiger partial charge in [-0.15, -0.1) is 11.3 Å². The molecule has 2 aromatic heterocycles. The average molecular weight is 354 g/mol. The predicted octanol–water partition coefficient (Wildman–Crippen LogP) is 2.94. The van der Waals surface area contributed by atoms with Crippen molar-refractivity contribution in [1.29, 1.82) is 0 Å². The van der Waals surface area contributed by atoms with Gasteiger partial charge in [-0.05, 0) is 18.6 Å². The van der Waals surface area contributed by atoms with Gasteiger partial charge in [-0.3, -0.25) is 9.58 Å². The summed E-state index contributed by atoms with van der Waals surface area (Å²) < 4.78 is 2.04. The van der Waals surface area contributed by atoms with Gasteiger partial charge >= 0.3 is 0 Å². The molecule has 1 N–H and O–H groups in total. The van der Waals surface area contributed by atoms with Crippen molar-refractivity contribution in [1.82, 2.24) is 19.7 Å². The summed E-state index contributed by atoms with van der Waals surface area (Å²) in [5.41, 5.74) is 6.15. The first-order valence-electron chi connectivity index (χ1n) is 8.59. The molecule has 130 valence electrons. The van der Waals surface area contributed by atoms with E-state index in [2.05, 4.69) is 21.9 Å². The zero-order chi connectivity index (χ0) is 17.2.